The Balaban J connectivity index is 2.23. The minimum Gasteiger partial charge on any atom is -0.122 e. The molecule has 0 aromatic heterocycles. The van der Waals surface area contributed by atoms with Crippen LogP contribution in [-0.4, -0.2) is 5.88 Å². The van der Waals surface area contributed by atoms with Crippen molar-refractivity contribution in [3.05, 3.63) is 11.6 Å². The fourth-order valence-electron chi connectivity index (χ4n) is 2.63. The lowest BCUT2D eigenvalue weighted by atomic mass is 9.49. The second-order valence-corrected chi connectivity index (χ2v) is 4.72. The SMILES string of the molecule is CC1(C)[C@@H]2CC=C(CCl)[C@H]1C2. The third kappa shape index (κ3) is 0.885. The highest BCUT2D eigenvalue weighted by atomic mass is 35.5. The van der Waals surface area contributed by atoms with Gasteiger partial charge < -0.3 is 0 Å². The molecular formula is C10H15Cl. The first-order valence-electron chi connectivity index (χ1n) is 4.41. The fraction of sp³-hybridized carbons (Fsp3) is 0.800. The van der Waals surface area contributed by atoms with E-state index in [0.717, 1.165) is 17.7 Å². The Kier molecular flexibility index (Phi) is 1.57. The number of alkyl halides is 1. The molecule has 0 aromatic rings. The molecular weight excluding hydrogens is 156 g/mol. The molecule has 0 heterocycles. The van der Waals surface area contributed by atoms with Crippen molar-refractivity contribution in [2.45, 2.75) is 26.7 Å². The number of hydrogen-bond acceptors (Lipinski definition) is 0. The van der Waals surface area contributed by atoms with Crippen LogP contribution < -0.4 is 0 Å². The lowest BCUT2D eigenvalue weighted by Crippen LogP contribution is -2.48. The molecule has 3 aliphatic carbocycles. The van der Waals surface area contributed by atoms with Crippen LogP contribution in [-0.2, 0) is 0 Å². The Morgan fingerprint density at radius 3 is 2.73 bits per heavy atom. The Bertz CT molecular complexity index is 203. The molecule has 0 aromatic carbocycles. The Labute approximate surface area is 73.6 Å². The molecule has 0 nitrogen and oxygen atoms in total. The molecule has 62 valence electrons. The van der Waals surface area contributed by atoms with E-state index in [0.29, 0.717) is 5.41 Å². The molecule has 3 aliphatic rings. The highest BCUT2D eigenvalue weighted by Gasteiger charge is 2.50. The summed E-state index contributed by atoms with van der Waals surface area (Å²) in [4.78, 5) is 0. The smallest absolute Gasteiger partial charge is 0.0436 e. The molecule has 0 saturated heterocycles. The molecule has 2 atom stereocenters. The number of halogens is 1. The van der Waals surface area contributed by atoms with Gasteiger partial charge in [0.15, 0.2) is 0 Å². The van der Waals surface area contributed by atoms with Gasteiger partial charge in [-0.2, -0.15) is 0 Å². The van der Waals surface area contributed by atoms with E-state index in [4.69, 9.17) is 11.6 Å². The molecule has 3 rings (SSSR count). The summed E-state index contributed by atoms with van der Waals surface area (Å²) in [5.74, 6) is 2.50. The average Bonchev–Trinajstić information content (AvgIpc) is 2.04. The van der Waals surface area contributed by atoms with Gasteiger partial charge in [-0.25, -0.2) is 0 Å². The van der Waals surface area contributed by atoms with Crippen molar-refractivity contribution in [3.63, 3.8) is 0 Å². The van der Waals surface area contributed by atoms with E-state index in [2.05, 4.69) is 19.9 Å². The van der Waals surface area contributed by atoms with Gasteiger partial charge in [-0.1, -0.05) is 25.5 Å². The summed E-state index contributed by atoms with van der Waals surface area (Å²) in [6, 6.07) is 0. The van der Waals surface area contributed by atoms with Crippen LogP contribution in [0.25, 0.3) is 0 Å². The van der Waals surface area contributed by atoms with Gasteiger partial charge in [-0.05, 0) is 30.1 Å². The number of allylic oxidation sites excluding steroid dienone is 2. The van der Waals surface area contributed by atoms with E-state index >= 15 is 0 Å². The van der Waals surface area contributed by atoms with Gasteiger partial charge in [-0.15, -0.1) is 11.6 Å². The monoisotopic (exact) mass is 170 g/mol. The van der Waals surface area contributed by atoms with Crippen LogP contribution >= 0.6 is 11.6 Å². The molecule has 2 bridgehead atoms. The quantitative estimate of drug-likeness (QED) is 0.419. The molecule has 1 heteroatoms. The van der Waals surface area contributed by atoms with Crippen LogP contribution in [0.15, 0.2) is 11.6 Å². The predicted molar refractivity (Wildman–Crippen MR) is 48.8 cm³/mol. The Hall–Kier alpha value is 0.0300. The minimum absolute atomic E-state index is 0.555. The molecule has 11 heavy (non-hydrogen) atoms. The molecule has 0 amide bonds. The zero-order valence-electron chi connectivity index (χ0n) is 7.23. The van der Waals surface area contributed by atoms with Gasteiger partial charge in [0.2, 0.25) is 0 Å². The van der Waals surface area contributed by atoms with Crippen molar-refractivity contribution in [3.8, 4) is 0 Å². The molecule has 0 unspecified atom stereocenters. The lowest BCUT2D eigenvalue weighted by Gasteiger charge is -2.56. The third-order valence-corrected chi connectivity index (χ3v) is 4.05. The largest absolute Gasteiger partial charge is 0.122 e. The highest BCUT2D eigenvalue weighted by molar-refractivity contribution is 6.19. The van der Waals surface area contributed by atoms with Crippen LogP contribution in [0, 0.1) is 17.3 Å². The molecule has 0 N–H and O–H groups in total. The van der Waals surface area contributed by atoms with Crippen molar-refractivity contribution < 1.29 is 0 Å². The predicted octanol–water partition coefficient (Wildman–Crippen LogP) is 3.22. The van der Waals surface area contributed by atoms with Crippen LogP contribution in [0.4, 0.5) is 0 Å². The van der Waals surface area contributed by atoms with Crippen LogP contribution in [0.1, 0.15) is 26.7 Å². The van der Waals surface area contributed by atoms with Crippen LogP contribution in [0.3, 0.4) is 0 Å². The van der Waals surface area contributed by atoms with E-state index in [-0.39, 0.29) is 0 Å². The molecule has 0 radical (unpaired) electrons. The zero-order valence-corrected chi connectivity index (χ0v) is 7.99. The van der Waals surface area contributed by atoms with Gasteiger partial charge in [0.1, 0.15) is 0 Å². The van der Waals surface area contributed by atoms with E-state index in [9.17, 15) is 0 Å². The maximum Gasteiger partial charge on any atom is 0.0436 e. The minimum atomic E-state index is 0.555. The highest BCUT2D eigenvalue weighted by Crippen LogP contribution is 2.59. The molecule has 1 saturated carbocycles. The Morgan fingerprint density at radius 2 is 2.36 bits per heavy atom. The van der Waals surface area contributed by atoms with Crippen molar-refractivity contribution in [1.29, 1.82) is 0 Å². The second-order valence-electron chi connectivity index (χ2n) is 4.45. The summed E-state index contributed by atoms with van der Waals surface area (Å²) in [7, 11) is 0. The summed E-state index contributed by atoms with van der Waals surface area (Å²) in [6.45, 7) is 4.76. The van der Waals surface area contributed by atoms with Crippen molar-refractivity contribution >= 4 is 11.6 Å². The van der Waals surface area contributed by atoms with E-state index in [1.54, 1.807) is 0 Å². The first-order valence-corrected chi connectivity index (χ1v) is 4.94. The van der Waals surface area contributed by atoms with E-state index in [1.807, 2.05) is 0 Å². The number of rotatable bonds is 1. The van der Waals surface area contributed by atoms with Gasteiger partial charge in [0, 0.05) is 5.88 Å². The summed E-state index contributed by atoms with van der Waals surface area (Å²) in [5, 5.41) is 0. The van der Waals surface area contributed by atoms with Gasteiger partial charge in [0.05, 0.1) is 0 Å². The summed E-state index contributed by atoms with van der Waals surface area (Å²) in [6.07, 6.45) is 5.02. The normalized spacial score (nSPS) is 39.4. The summed E-state index contributed by atoms with van der Waals surface area (Å²) >= 11 is 5.86. The maximum atomic E-state index is 5.86. The van der Waals surface area contributed by atoms with Crippen LogP contribution in [0.2, 0.25) is 0 Å². The first kappa shape index (κ1) is 7.67. The first-order chi connectivity index (χ1) is 5.16. The van der Waals surface area contributed by atoms with Crippen molar-refractivity contribution in [1.82, 2.24) is 0 Å². The van der Waals surface area contributed by atoms with E-state index in [1.165, 1.54) is 18.4 Å². The lowest BCUT2D eigenvalue weighted by molar-refractivity contribution is -0.00548. The Morgan fingerprint density at radius 1 is 1.64 bits per heavy atom. The number of fused-ring (bicyclic) bond motifs is 1. The summed E-state index contributed by atoms with van der Waals surface area (Å²) in [5.41, 5.74) is 2.05. The topological polar surface area (TPSA) is 0 Å². The second kappa shape index (κ2) is 2.26. The van der Waals surface area contributed by atoms with Crippen molar-refractivity contribution in [2.24, 2.45) is 17.3 Å². The third-order valence-electron chi connectivity index (χ3n) is 3.74. The van der Waals surface area contributed by atoms with Gasteiger partial charge in [-0.3, -0.25) is 0 Å². The molecule has 0 spiro atoms. The standard InChI is InChI=1S/C10H15Cl/c1-10(2)8-4-3-7(6-11)9(10)5-8/h3,8-9H,4-6H2,1-2H3/t8-,9-/m1/s1. The molecule has 0 aliphatic heterocycles. The summed E-state index contributed by atoms with van der Waals surface area (Å²) < 4.78 is 0. The molecule has 1 fully saturated rings. The van der Waals surface area contributed by atoms with Crippen LogP contribution in [0.5, 0.6) is 0 Å². The van der Waals surface area contributed by atoms with Crippen molar-refractivity contribution in [2.75, 3.05) is 5.88 Å². The maximum absolute atomic E-state index is 5.86. The average molecular weight is 171 g/mol. The zero-order chi connectivity index (χ0) is 8.06. The van der Waals surface area contributed by atoms with E-state index < -0.39 is 0 Å². The van der Waals surface area contributed by atoms with Gasteiger partial charge >= 0.3 is 0 Å². The number of hydrogen-bond donors (Lipinski definition) is 0. The fourth-order valence-corrected chi connectivity index (χ4v) is 2.92. The van der Waals surface area contributed by atoms with Gasteiger partial charge in [0.25, 0.3) is 0 Å².